The zero-order valence-electron chi connectivity index (χ0n) is 11.0. The molecule has 108 valence electrons. The molecule has 1 unspecified atom stereocenters. The smallest absolute Gasteiger partial charge is 0.243 e. The zero-order chi connectivity index (χ0) is 14.8. The van der Waals surface area contributed by atoms with Gasteiger partial charge in [-0.15, -0.1) is 11.3 Å². The number of nitrogen functional groups attached to an aromatic ring is 1. The molecule has 0 aliphatic carbocycles. The lowest BCUT2D eigenvalue weighted by Gasteiger charge is -2.14. The monoisotopic (exact) mass is 313 g/mol. The molecule has 0 bridgehead atoms. The molecule has 2 rings (SSSR count). The summed E-state index contributed by atoms with van der Waals surface area (Å²) in [7, 11) is -2.21. The van der Waals surface area contributed by atoms with Crippen LogP contribution in [0.2, 0.25) is 0 Å². The van der Waals surface area contributed by atoms with Gasteiger partial charge in [-0.3, -0.25) is 0 Å². The fraction of sp³-hybridized carbons (Fsp3) is 0.250. The molecule has 3 N–H and O–H groups in total. The summed E-state index contributed by atoms with van der Waals surface area (Å²) in [5.74, 6) is 0.509. The summed E-state index contributed by atoms with van der Waals surface area (Å²) in [5.41, 5.74) is 5.91. The van der Waals surface area contributed by atoms with Gasteiger partial charge in [-0.05, 0) is 19.1 Å². The Kier molecular flexibility index (Phi) is 4.26. The normalized spacial score (nSPS) is 13.1. The Morgan fingerprint density at radius 3 is 2.75 bits per heavy atom. The van der Waals surface area contributed by atoms with Gasteiger partial charge < -0.3 is 10.5 Å². The second-order valence-electron chi connectivity index (χ2n) is 4.12. The predicted molar refractivity (Wildman–Crippen MR) is 78.3 cm³/mol. The molecular weight excluding hydrogens is 298 g/mol. The highest BCUT2D eigenvalue weighted by Gasteiger charge is 2.22. The highest BCUT2D eigenvalue weighted by Crippen LogP contribution is 2.25. The lowest BCUT2D eigenvalue weighted by atomic mass is 10.3. The molecule has 0 saturated heterocycles. The number of nitrogens with one attached hydrogen (secondary N) is 1. The highest BCUT2D eigenvalue weighted by atomic mass is 32.2. The van der Waals surface area contributed by atoms with E-state index >= 15 is 0 Å². The van der Waals surface area contributed by atoms with Crippen molar-refractivity contribution in [3.8, 4) is 5.75 Å². The average molecular weight is 313 g/mol. The van der Waals surface area contributed by atoms with Crippen molar-refractivity contribution in [3.63, 3.8) is 0 Å². The molecule has 0 radical (unpaired) electrons. The Labute approximate surface area is 121 Å². The number of hydrogen-bond acceptors (Lipinski definition) is 6. The van der Waals surface area contributed by atoms with E-state index in [1.54, 1.807) is 24.6 Å². The third kappa shape index (κ3) is 3.09. The van der Waals surface area contributed by atoms with Crippen molar-refractivity contribution >= 4 is 27.0 Å². The van der Waals surface area contributed by atoms with Crippen LogP contribution in [0.1, 0.15) is 18.0 Å². The molecule has 6 nitrogen and oxygen atoms in total. The van der Waals surface area contributed by atoms with Crippen LogP contribution in [-0.4, -0.2) is 20.5 Å². The maximum absolute atomic E-state index is 12.3. The maximum atomic E-state index is 12.3. The number of nitrogens with two attached hydrogens (primary N) is 1. The first-order valence-electron chi connectivity index (χ1n) is 5.79. The van der Waals surface area contributed by atoms with Crippen LogP contribution in [0, 0.1) is 0 Å². The van der Waals surface area contributed by atoms with Crippen molar-refractivity contribution in [2.75, 3.05) is 12.8 Å². The third-order valence-corrected chi connectivity index (χ3v) is 5.23. The molecule has 0 aliphatic rings. The summed E-state index contributed by atoms with van der Waals surface area (Å²) in [6.45, 7) is 1.73. The summed E-state index contributed by atoms with van der Waals surface area (Å²) in [5, 5.41) is 2.49. The van der Waals surface area contributed by atoms with Crippen LogP contribution in [0.25, 0.3) is 0 Å². The molecule has 20 heavy (non-hydrogen) atoms. The quantitative estimate of drug-likeness (QED) is 0.820. The maximum Gasteiger partial charge on any atom is 0.243 e. The Bertz CT molecular complexity index is 684. The van der Waals surface area contributed by atoms with E-state index in [-0.39, 0.29) is 10.6 Å². The summed E-state index contributed by atoms with van der Waals surface area (Å²) < 4.78 is 32.2. The Morgan fingerprint density at radius 2 is 2.20 bits per heavy atom. The molecular formula is C12H15N3O3S2. The highest BCUT2D eigenvalue weighted by molar-refractivity contribution is 7.89. The molecule has 0 fully saturated rings. The molecule has 0 spiro atoms. The summed E-state index contributed by atoms with van der Waals surface area (Å²) >= 11 is 1.39. The Morgan fingerprint density at radius 1 is 1.45 bits per heavy atom. The molecule has 1 aromatic carbocycles. The Balaban J connectivity index is 2.27. The molecule has 1 heterocycles. The van der Waals surface area contributed by atoms with Crippen molar-refractivity contribution in [1.82, 2.24) is 9.71 Å². The van der Waals surface area contributed by atoms with Crippen molar-refractivity contribution in [2.24, 2.45) is 0 Å². The topological polar surface area (TPSA) is 94.3 Å². The first-order valence-corrected chi connectivity index (χ1v) is 8.15. The van der Waals surface area contributed by atoms with Gasteiger partial charge in [-0.1, -0.05) is 0 Å². The number of benzene rings is 1. The number of methoxy groups -OCH3 is 1. The van der Waals surface area contributed by atoms with Gasteiger partial charge in [0.2, 0.25) is 10.0 Å². The van der Waals surface area contributed by atoms with Gasteiger partial charge in [0.25, 0.3) is 0 Å². The number of nitrogens with zero attached hydrogens (tertiary/aromatic N) is 1. The molecule has 1 aromatic heterocycles. The number of ether oxygens (including phenoxy) is 1. The van der Waals surface area contributed by atoms with Gasteiger partial charge in [0.1, 0.15) is 15.7 Å². The second kappa shape index (κ2) is 5.78. The summed E-state index contributed by atoms with van der Waals surface area (Å²) in [6.07, 6.45) is 1.63. The van der Waals surface area contributed by atoms with E-state index in [4.69, 9.17) is 10.5 Å². The predicted octanol–water partition coefficient (Wildman–Crippen LogP) is 1.77. The fourth-order valence-electron chi connectivity index (χ4n) is 1.69. The van der Waals surface area contributed by atoms with Crippen molar-refractivity contribution in [1.29, 1.82) is 0 Å². The fourth-order valence-corrected chi connectivity index (χ4v) is 3.73. The number of sulfonamides is 1. The van der Waals surface area contributed by atoms with Crippen molar-refractivity contribution in [3.05, 3.63) is 34.8 Å². The minimum Gasteiger partial charge on any atom is -0.497 e. The second-order valence-corrected chi connectivity index (χ2v) is 6.73. The number of hydrogen-bond donors (Lipinski definition) is 2. The minimum absolute atomic E-state index is 0.0294. The third-order valence-electron chi connectivity index (χ3n) is 2.66. The first kappa shape index (κ1) is 14.8. The van der Waals surface area contributed by atoms with Gasteiger partial charge in [-0.2, -0.15) is 0 Å². The van der Waals surface area contributed by atoms with E-state index in [0.29, 0.717) is 10.8 Å². The van der Waals surface area contributed by atoms with Crippen LogP contribution in [0.5, 0.6) is 5.75 Å². The van der Waals surface area contributed by atoms with Crippen LogP contribution in [-0.2, 0) is 10.0 Å². The first-order chi connectivity index (χ1) is 9.44. The van der Waals surface area contributed by atoms with Gasteiger partial charge in [0.05, 0.1) is 18.8 Å². The van der Waals surface area contributed by atoms with E-state index in [2.05, 4.69) is 9.71 Å². The lowest BCUT2D eigenvalue weighted by molar-refractivity contribution is 0.414. The largest absolute Gasteiger partial charge is 0.497 e. The van der Waals surface area contributed by atoms with Gasteiger partial charge in [0.15, 0.2) is 0 Å². The lowest BCUT2D eigenvalue weighted by Crippen LogP contribution is -2.27. The van der Waals surface area contributed by atoms with Crippen LogP contribution in [0.4, 0.5) is 5.69 Å². The standard InChI is InChI=1S/C12H15N3O3S2/c1-8(12-14-5-6-19-12)15-20(16,17)11-4-3-9(18-2)7-10(11)13/h3-8,15H,13H2,1-2H3. The number of anilines is 1. The molecule has 2 aromatic rings. The van der Waals surface area contributed by atoms with Crippen molar-refractivity contribution < 1.29 is 13.2 Å². The van der Waals surface area contributed by atoms with Crippen LogP contribution >= 0.6 is 11.3 Å². The molecule has 8 heteroatoms. The molecule has 0 amide bonds. The average Bonchev–Trinajstić information content (AvgIpc) is 2.91. The summed E-state index contributed by atoms with van der Waals surface area (Å²) in [6, 6.07) is 4.04. The van der Waals surface area contributed by atoms with E-state index in [9.17, 15) is 8.42 Å². The SMILES string of the molecule is COc1ccc(S(=O)(=O)NC(C)c2nccs2)c(N)c1. The van der Waals surface area contributed by atoms with E-state index < -0.39 is 16.1 Å². The Hall–Kier alpha value is -1.64. The van der Waals surface area contributed by atoms with Crippen LogP contribution in [0.15, 0.2) is 34.7 Å². The summed E-state index contributed by atoms with van der Waals surface area (Å²) in [4.78, 5) is 4.11. The van der Waals surface area contributed by atoms with E-state index in [1.165, 1.54) is 30.6 Å². The van der Waals surface area contributed by atoms with Gasteiger partial charge >= 0.3 is 0 Å². The van der Waals surface area contributed by atoms with E-state index in [1.807, 2.05) is 0 Å². The van der Waals surface area contributed by atoms with Crippen LogP contribution in [0.3, 0.4) is 0 Å². The molecule has 0 aliphatic heterocycles. The molecule has 0 saturated carbocycles. The number of aromatic nitrogens is 1. The number of thiazole rings is 1. The van der Waals surface area contributed by atoms with Crippen LogP contribution < -0.4 is 15.2 Å². The minimum atomic E-state index is -3.71. The van der Waals surface area contributed by atoms with Crippen molar-refractivity contribution in [2.45, 2.75) is 17.9 Å². The van der Waals surface area contributed by atoms with E-state index in [0.717, 1.165) is 0 Å². The molecule has 1 atom stereocenters. The number of rotatable bonds is 5. The zero-order valence-corrected chi connectivity index (χ0v) is 12.7. The van der Waals surface area contributed by atoms with Gasteiger partial charge in [0, 0.05) is 17.6 Å². The van der Waals surface area contributed by atoms with Gasteiger partial charge in [-0.25, -0.2) is 18.1 Å².